The minimum atomic E-state index is 0.908. The molecule has 55 heavy (non-hydrogen) atoms. The van der Waals surface area contributed by atoms with Crippen molar-refractivity contribution in [3.8, 4) is 33.4 Å². The number of para-hydroxylation sites is 1. The number of nitrogens with zero attached hydrogens (tertiary/aromatic N) is 1. The molecule has 258 valence electrons. The molecule has 0 saturated heterocycles. The predicted octanol–water partition coefficient (Wildman–Crippen LogP) is 15.6. The number of benzene rings is 9. The normalized spacial score (nSPS) is 11.6. The topological polar surface area (TPSA) is 16.4 Å². The smallest absolute Gasteiger partial charge is 0.135 e. The molecule has 0 bridgehead atoms. The van der Waals surface area contributed by atoms with Gasteiger partial charge in [-0.2, -0.15) is 0 Å². The number of hydrogen-bond acceptors (Lipinski definition) is 3. The number of fused-ring (bicyclic) bond motifs is 7. The van der Waals surface area contributed by atoms with Crippen LogP contribution >= 0.6 is 11.3 Å². The fraction of sp³-hybridized carbons (Fsp3) is 0. The Hall–Kier alpha value is -6.94. The maximum atomic E-state index is 6.12. The number of furan rings is 1. The van der Waals surface area contributed by atoms with E-state index in [0.29, 0.717) is 0 Å². The Kier molecular flexibility index (Phi) is 7.39. The van der Waals surface area contributed by atoms with Gasteiger partial charge in [0.05, 0.1) is 0 Å². The van der Waals surface area contributed by atoms with Crippen LogP contribution in [0.4, 0.5) is 17.1 Å². The van der Waals surface area contributed by atoms with Crippen LogP contribution < -0.4 is 4.90 Å². The Balaban J connectivity index is 1.01. The molecule has 9 aromatic carbocycles. The lowest BCUT2D eigenvalue weighted by Crippen LogP contribution is -2.10. The summed E-state index contributed by atoms with van der Waals surface area (Å²) in [6.45, 7) is 0. The summed E-state index contributed by atoms with van der Waals surface area (Å²) in [5.74, 6) is 0. The predicted molar refractivity (Wildman–Crippen MR) is 235 cm³/mol. The molecule has 0 spiro atoms. The van der Waals surface area contributed by atoms with E-state index in [1.165, 1.54) is 53.2 Å². The van der Waals surface area contributed by atoms with Crippen LogP contribution in [0.3, 0.4) is 0 Å². The van der Waals surface area contributed by atoms with E-state index in [4.69, 9.17) is 4.42 Å². The van der Waals surface area contributed by atoms with Crippen LogP contribution in [0.15, 0.2) is 205 Å². The summed E-state index contributed by atoms with van der Waals surface area (Å²) in [5.41, 5.74) is 12.3. The molecule has 11 rings (SSSR count). The molecule has 0 atom stereocenters. The highest BCUT2D eigenvalue weighted by Crippen LogP contribution is 2.41. The molecule has 0 radical (unpaired) electrons. The summed E-state index contributed by atoms with van der Waals surface area (Å²) in [4.78, 5) is 2.37. The molecule has 11 aromatic rings. The second-order valence-corrected chi connectivity index (χ2v) is 15.2. The second-order valence-electron chi connectivity index (χ2n) is 14.1. The molecular formula is C52H33NOS. The molecule has 0 aliphatic rings. The van der Waals surface area contributed by atoms with Gasteiger partial charge in [-0.3, -0.25) is 0 Å². The SMILES string of the molecule is c1cc(-c2ccc3sc4ccccc4c3c2)cc(N(c2ccc(-c3ccc4oc5ccccc5c4c3)cc2)c2ccc(-c3cccc4ccccc34)cc2)c1. The van der Waals surface area contributed by atoms with Gasteiger partial charge >= 0.3 is 0 Å². The molecule has 2 nitrogen and oxygen atoms in total. The molecular weight excluding hydrogens is 687 g/mol. The highest BCUT2D eigenvalue weighted by molar-refractivity contribution is 7.25. The summed E-state index contributed by atoms with van der Waals surface area (Å²) in [6.07, 6.45) is 0. The van der Waals surface area contributed by atoms with Crippen LogP contribution in [0.5, 0.6) is 0 Å². The standard InChI is InChI=1S/C52H33NOS/c1-2-13-43-35(9-1)10-8-16-44(43)36-21-27-41(28-22-36)53(40-25-19-34(20-26-40)38-23-29-50-47(32-38)45-14-3-5-17-49(45)54-50)42-12-7-11-37(31-42)39-24-30-52-48(33-39)46-15-4-6-18-51(46)55-52/h1-33H. The van der Waals surface area contributed by atoms with E-state index >= 15 is 0 Å². The molecule has 0 unspecified atom stereocenters. The van der Waals surface area contributed by atoms with Crippen molar-refractivity contribution in [1.29, 1.82) is 0 Å². The Bertz CT molecular complexity index is 3200. The van der Waals surface area contributed by atoms with E-state index in [-0.39, 0.29) is 0 Å². The van der Waals surface area contributed by atoms with Crippen molar-refractivity contribution in [2.45, 2.75) is 0 Å². The molecule has 0 aliphatic carbocycles. The van der Waals surface area contributed by atoms with Crippen LogP contribution in [-0.4, -0.2) is 0 Å². The van der Waals surface area contributed by atoms with E-state index in [9.17, 15) is 0 Å². The molecule has 0 amide bonds. The Labute approximate surface area is 322 Å². The zero-order valence-corrected chi connectivity index (χ0v) is 30.6. The Morgan fingerprint density at radius 2 is 0.909 bits per heavy atom. The molecule has 0 fully saturated rings. The third-order valence-corrected chi connectivity index (χ3v) is 12.0. The summed E-state index contributed by atoms with van der Waals surface area (Å²) < 4.78 is 8.76. The molecule has 0 saturated carbocycles. The average molecular weight is 720 g/mol. The van der Waals surface area contributed by atoms with Crippen molar-refractivity contribution in [3.63, 3.8) is 0 Å². The first-order valence-corrected chi connectivity index (χ1v) is 19.5. The lowest BCUT2D eigenvalue weighted by molar-refractivity contribution is 0.669. The minimum Gasteiger partial charge on any atom is -0.456 e. The third kappa shape index (κ3) is 5.48. The van der Waals surface area contributed by atoms with Crippen LogP contribution in [0, 0.1) is 0 Å². The number of hydrogen-bond donors (Lipinski definition) is 0. The van der Waals surface area contributed by atoms with Crippen molar-refractivity contribution in [2.75, 3.05) is 4.90 Å². The van der Waals surface area contributed by atoms with Crippen LogP contribution in [0.1, 0.15) is 0 Å². The second kappa shape index (κ2) is 12.9. The lowest BCUT2D eigenvalue weighted by Gasteiger charge is -2.26. The fourth-order valence-corrected chi connectivity index (χ4v) is 9.24. The van der Waals surface area contributed by atoms with Gasteiger partial charge in [0.2, 0.25) is 0 Å². The van der Waals surface area contributed by atoms with Gasteiger partial charge < -0.3 is 9.32 Å². The van der Waals surface area contributed by atoms with E-state index in [1.54, 1.807) is 0 Å². The van der Waals surface area contributed by atoms with Crippen LogP contribution in [0.25, 0.3) is 86.3 Å². The first-order chi connectivity index (χ1) is 27.2. The number of rotatable bonds is 6. The molecule has 2 heterocycles. The quantitative estimate of drug-likeness (QED) is 0.170. The largest absolute Gasteiger partial charge is 0.456 e. The zero-order valence-electron chi connectivity index (χ0n) is 29.8. The lowest BCUT2D eigenvalue weighted by atomic mass is 9.98. The van der Waals surface area contributed by atoms with Crippen molar-refractivity contribution >= 4 is 81.3 Å². The van der Waals surface area contributed by atoms with E-state index < -0.39 is 0 Å². The Morgan fingerprint density at radius 1 is 0.327 bits per heavy atom. The first kappa shape index (κ1) is 31.6. The first-order valence-electron chi connectivity index (χ1n) is 18.7. The van der Waals surface area contributed by atoms with Crippen LogP contribution in [-0.2, 0) is 0 Å². The van der Waals surface area contributed by atoms with Gasteiger partial charge in [-0.1, -0.05) is 127 Å². The van der Waals surface area contributed by atoms with Gasteiger partial charge in [0.15, 0.2) is 0 Å². The van der Waals surface area contributed by atoms with Gasteiger partial charge in [0.1, 0.15) is 11.2 Å². The monoisotopic (exact) mass is 719 g/mol. The molecule has 3 heteroatoms. The molecule has 0 aliphatic heterocycles. The zero-order chi connectivity index (χ0) is 36.3. The van der Waals surface area contributed by atoms with Crippen molar-refractivity contribution in [1.82, 2.24) is 0 Å². The average Bonchev–Trinajstić information content (AvgIpc) is 3.82. The van der Waals surface area contributed by atoms with Gasteiger partial charge in [0.25, 0.3) is 0 Å². The molecule has 0 N–H and O–H groups in total. The van der Waals surface area contributed by atoms with Crippen molar-refractivity contribution in [2.24, 2.45) is 0 Å². The highest BCUT2D eigenvalue weighted by atomic mass is 32.1. The summed E-state index contributed by atoms with van der Waals surface area (Å²) in [6, 6.07) is 72.4. The van der Waals surface area contributed by atoms with E-state index in [0.717, 1.165) is 50.1 Å². The van der Waals surface area contributed by atoms with E-state index in [2.05, 4.69) is 193 Å². The third-order valence-electron chi connectivity index (χ3n) is 10.9. The van der Waals surface area contributed by atoms with Crippen LogP contribution in [0.2, 0.25) is 0 Å². The highest BCUT2D eigenvalue weighted by Gasteiger charge is 2.16. The maximum absolute atomic E-state index is 6.12. The van der Waals surface area contributed by atoms with Gasteiger partial charge in [-0.05, 0) is 117 Å². The van der Waals surface area contributed by atoms with Gasteiger partial charge in [-0.15, -0.1) is 11.3 Å². The summed E-state index contributed by atoms with van der Waals surface area (Å²) >= 11 is 1.86. The number of thiophene rings is 1. The fourth-order valence-electron chi connectivity index (χ4n) is 8.15. The summed E-state index contributed by atoms with van der Waals surface area (Å²) in [7, 11) is 0. The van der Waals surface area contributed by atoms with Gasteiger partial charge in [-0.25, -0.2) is 0 Å². The number of anilines is 3. The van der Waals surface area contributed by atoms with Crippen molar-refractivity contribution in [3.05, 3.63) is 200 Å². The van der Waals surface area contributed by atoms with E-state index in [1.807, 2.05) is 23.5 Å². The maximum Gasteiger partial charge on any atom is 0.135 e. The van der Waals surface area contributed by atoms with Gasteiger partial charge in [0, 0.05) is 48.0 Å². The molecule has 2 aromatic heterocycles. The minimum absolute atomic E-state index is 0.908. The van der Waals surface area contributed by atoms with Crippen molar-refractivity contribution < 1.29 is 4.42 Å². The summed E-state index contributed by atoms with van der Waals surface area (Å²) in [5, 5.41) is 7.40. The Morgan fingerprint density at radius 3 is 1.76 bits per heavy atom.